The summed E-state index contributed by atoms with van der Waals surface area (Å²) in [6.07, 6.45) is 4.80. The molecule has 0 bridgehead atoms. The lowest BCUT2D eigenvalue weighted by atomic mass is 10.3. The summed E-state index contributed by atoms with van der Waals surface area (Å²) < 4.78 is 0. The number of thioether (sulfide) groups is 1. The van der Waals surface area contributed by atoms with Crippen LogP contribution in [0.1, 0.15) is 18.9 Å². The van der Waals surface area contributed by atoms with Gasteiger partial charge in [-0.2, -0.15) is 11.8 Å². The van der Waals surface area contributed by atoms with Crippen LogP contribution in [0.25, 0.3) is 0 Å². The molecule has 0 radical (unpaired) electrons. The number of rotatable bonds is 7. The van der Waals surface area contributed by atoms with Gasteiger partial charge in [-0.25, -0.2) is 0 Å². The first kappa shape index (κ1) is 14.3. The van der Waals surface area contributed by atoms with Gasteiger partial charge in [0.2, 0.25) is 0 Å². The summed E-state index contributed by atoms with van der Waals surface area (Å²) in [5.41, 5.74) is 1.27. The number of pyridine rings is 1. The highest BCUT2D eigenvalue weighted by molar-refractivity contribution is 7.98. The van der Waals surface area contributed by atoms with Gasteiger partial charge < -0.3 is 10.6 Å². The average molecular weight is 269 g/mol. The third kappa shape index (κ3) is 7.18. The Balaban J connectivity index is 1.99. The van der Waals surface area contributed by atoms with Crippen LogP contribution in [0.2, 0.25) is 0 Å². The van der Waals surface area contributed by atoms with Crippen molar-refractivity contribution in [3.63, 3.8) is 0 Å². The second-order valence-electron chi connectivity index (χ2n) is 3.60. The van der Waals surface area contributed by atoms with Crippen LogP contribution >= 0.6 is 24.0 Å². The molecule has 0 fully saturated rings. The molecule has 5 heteroatoms. The summed E-state index contributed by atoms with van der Waals surface area (Å²) in [5, 5.41) is 7.09. The van der Waals surface area contributed by atoms with Crippen LogP contribution in [0.5, 0.6) is 0 Å². The van der Waals surface area contributed by atoms with Crippen LogP contribution in [0.3, 0.4) is 0 Å². The number of nitrogens with zero attached hydrogens (tertiary/aromatic N) is 1. The highest BCUT2D eigenvalue weighted by Gasteiger charge is 1.95. The maximum absolute atomic E-state index is 5.12. The van der Waals surface area contributed by atoms with Gasteiger partial charge in [0.1, 0.15) is 0 Å². The largest absolute Gasteiger partial charge is 0.363 e. The number of aromatic nitrogens is 1. The molecule has 17 heavy (non-hydrogen) atoms. The molecule has 0 saturated carbocycles. The van der Waals surface area contributed by atoms with Crippen molar-refractivity contribution < 1.29 is 0 Å². The van der Waals surface area contributed by atoms with Gasteiger partial charge in [0.25, 0.3) is 0 Å². The first-order valence-electron chi connectivity index (χ1n) is 5.81. The zero-order valence-corrected chi connectivity index (χ0v) is 11.7. The van der Waals surface area contributed by atoms with Crippen LogP contribution in [-0.2, 0) is 5.75 Å². The van der Waals surface area contributed by atoms with Gasteiger partial charge in [0, 0.05) is 37.0 Å². The quantitative estimate of drug-likeness (QED) is 0.586. The van der Waals surface area contributed by atoms with Crippen LogP contribution in [0.4, 0.5) is 0 Å². The average Bonchev–Trinajstić information content (AvgIpc) is 2.37. The Hall–Kier alpha value is -0.810. The van der Waals surface area contributed by atoms with E-state index in [2.05, 4.69) is 28.6 Å². The first-order chi connectivity index (χ1) is 8.33. The number of hydrogen-bond donors (Lipinski definition) is 2. The molecule has 2 N–H and O–H groups in total. The number of nitrogens with one attached hydrogen (secondary N) is 2. The number of thiocarbonyl (C=S) groups is 1. The van der Waals surface area contributed by atoms with Gasteiger partial charge in [-0.05, 0) is 30.3 Å². The van der Waals surface area contributed by atoms with Gasteiger partial charge >= 0.3 is 0 Å². The van der Waals surface area contributed by atoms with E-state index in [9.17, 15) is 0 Å². The Morgan fingerprint density at radius 2 is 2.24 bits per heavy atom. The Morgan fingerprint density at radius 3 is 2.94 bits per heavy atom. The minimum Gasteiger partial charge on any atom is -0.363 e. The molecule has 0 aliphatic carbocycles. The summed E-state index contributed by atoms with van der Waals surface area (Å²) in [6.45, 7) is 3.97. The lowest BCUT2D eigenvalue weighted by molar-refractivity contribution is 0.812. The summed E-state index contributed by atoms with van der Waals surface area (Å²) in [6, 6.07) is 4.07. The van der Waals surface area contributed by atoms with E-state index in [4.69, 9.17) is 12.2 Å². The SMILES string of the molecule is CCCNC(=S)NCCSCc1cccnc1. The van der Waals surface area contributed by atoms with E-state index in [1.54, 1.807) is 6.20 Å². The van der Waals surface area contributed by atoms with Gasteiger partial charge in [-0.15, -0.1) is 0 Å². The Morgan fingerprint density at radius 1 is 1.41 bits per heavy atom. The van der Waals surface area contributed by atoms with Crippen molar-refractivity contribution in [2.75, 3.05) is 18.8 Å². The molecule has 0 aromatic carbocycles. The standard InChI is InChI=1S/C12H19N3S2/c1-2-5-14-12(16)15-7-8-17-10-11-4-3-6-13-9-11/h3-4,6,9H,2,5,7-8,10H2,1H3,(H2,14,15,16). The van der Waals surface area contributed by atoms with E-state index in [0.717, 1.165) is 36.1 Å². The van der Waals surface area contributed by atoms with Crippen LogP contribution in [0, 0.1) is 0 Å². The zero-order chi connectivity index (χ0) is 12.3. The Bertz CT molecular complexity index is 317. The van der Waals surface area contributed by atoms with E-state index in [1.807, 2.05) is 24.0 Å². The van der Waals surface area contributed by atoms with E-state index in [0.29, 0.717) is 0 Å². The monoisotopic (exact) mass is 269 g/mol. The molecule has 1 heterocycles. The molecule has 3 nitrogen and oxygen atoms in total. The topological polar surface area (TPSA) is 37.0 Å². The molecule has 0 amide bonds. The van der Waals surface area contributed by atoms with Crippen LogP contribution in [0.15, 0.2) is 24.5 Å². The van der Waals surface area contributed by atoms with E-state index >= 15 is 0 Å². The predicted molar refractivity (Wildman–Crippen MR) is 79.3 cm³/mol. The van der Waals surface area contributed by atoms with Crippen molar-refractivity contribution in [1.29, 1.82) is 0 Å². The highest BCUT2D eigenvalue weighted by Crippen LogP contribution is 2.09. The van der Waals surface area contributed by atoms with E-state index in [1.165, 1.54) is 5.56 Å². The molecule has 1 aromatic heterocycles. The lowest BCUT2D eigenvalue weighted by Gasteiger charge is -2.09. The molecular weight excluding hydrogens is 250 g/mol. The lowest BCUT2D eigenvalue weighted by Crippen LogP contribution is -2.36. The van der Waals surface area contributed by atoms with Gasteiger partial charge in [0.15, 0.2) is 5.11 Å². The fourth-order valence-electron chi connectivity index (χ4n) is 1.21. The minimum atomic E-state index is 0.758. The third-order valence-electron chi connectivity index (χ3n) is 2.06. The molecule has 0 saturated heterocycles. The third-order valence-corrected chi connectivity index (χ3v) is 3.38. The molecule has 0 aliphatic rings. The number of hydrogen-bond acceptors (Lipinski definition) is 3. The van der Waals surface area contributed by atoms with E-state index < -0.39 is 0 Å². The van der Waals surface area contributed by atoms with Crippen LogP contribution in [-0.4, -0.2) is 28.9 Å². The maximum Gasteiger partial charge on any atom is 0.166 e. The summed E-state index contributed by atoms with van der Waals surface area (Å²) in [7, 11) is 0. The van der Waals surface area contributed by atoms with Gasteiger partial charge in [-0.3, -0.25) is 4.98 Å². The van der Waals surface area contributed by atoms with Crippen molar-refractivity contribution in [3.8, 4) is 0 Å². The molecule has 1 rings (SSSR count). The summed E-state index contributed by atoms with van der Waals surface area (Å²) in [4.78, 5) is 4.09. The van der Waals surface area contributed by atoms with Crippen molar-refractivity contribution >= 4 is 29.1 Å². The highest BCUT2D eigenvalue weighted by atomic mass is 32.2. The fraction of sp³-hybridized carbons (Fsp3) is 0.500. The summed E-state index contributed by atoms with van der Waals surface area (Å²) >= 11 is 7.00. The van der Waals surface area contributed by atoms with Crippen molar-refractivity contribution in [3.05, 3.63) is 30.1 Å². The summed E-state index contributed by atoms with van der Waals surface area (Å²) in [5.74, 6) is 2.05. The maximum atomic E-state index is 5.12. The molecule has 0 unspecified atom stereocenters. The molecular formula is C12H19N3S2. The molecule has 0 atom stereocenters. The van der Waals surface area contributed by atoms with Gasteiger partial charge in [0.05, 0.1) is 0 Å². The molecule has 94 valence electrons. The van der Waals surface area contributed by atoms with Crippen molar-refractivity contribution in [1.82, 2.24) is 15.6 Å². The van der Waals surface area contributed by atoms with Crippen LogP contribution < -0.4 is 10.6 Å². The smallest absolute Gasteiger partial charge is 0.166 e. The second-order valence-corrected chi connectivity index (χ2v) is 5.11. The Labute approximate surface area is 113 Å². The predicted octanol–water partition coefficient (Wildman–Crippen LogP) is 2.19. The normalized spacial score (nSPS) is 9.94. The minimum absolute atomic E-state index is 0.758. The molecule has 1 aromatic rings. The van der Waals surface area contributed by atoms with Gasteiger partial charge in [-0.1, -0.05) is 13.0 Å². The van der Waals surface area contributed by atoms with E-state index in [-0.39, 0.29) is 0 Å². The van der Waals surface area contributed by atoms with Crippen molar-refractivity contribution in [2.24, 2.45) is 0 Å². The zero-order valence-electron chi connectivity index (χ0n) is 10.1. The first-order valence-corrected chi connectivity index (χ1v) is 7.37. The second kappa shape index (κ2) is 9.24. The van der Waals surface area contributed by atoms with Crippen molar-refractivity contribution in [2.45, 2.75) is 19.1 Å². The molecule has 0 aliphatic heterocycles. The Kier molecular flexibility index (Phi) is 7.75. The molecule has 0 spiro atoms. The fourth-order valence-corrected chi connectivity index (χ4v) is 2.21.